The number of ether oxygens (including phenoxy) is 1. The van der Waals surface area contributed by atoms with Crippen LogP contribution >= 0.6 is 0 Å². The fourth-order valence-corrected chi connectivity index (χ4v) is 0.907. The Balaban J connectivity index is 0.000000132. The lowest BCUT2D eigenvalue weighted by atomic mass is 10.2. The third-order valence-corrected chi connectivity index (χ3v) is 1.67. The van der Waals surface area contributed by atoms with E-state index >= 15 is 0 Å². The second-order valence-corrected chi connectivity index (χ2v) is 3.09. The lowest BCUT2D eigenvalue weighted by Gasteiger charge is -1.88. The highest BCUT2D eigenvalue weighted by Crippen LogP contribution is 1.94. The van der Waals surface area contributed by atoms with E-state index in [9.17, 15) is 0 Å². The van der Waals surface area contributed by atoms with Gasteiger partial charge in [-0.3, -0.25) is 4.99 Å². The molecule has 0 spiro atoms. The second-order valence-electron chi connectivity index (χ2n) is 3.09. The summed E-state index contributed by atoms with van der Waals surface area (Å²) in [6.45, 7) is 4.86. The topological polar surface area (TPSA) is 21.6 Å². The molecule has 2 rings (SSSR count). The highest BCUT2D eigenvalue weighted by molar-refractivity contribution is 5.48. The van der Waals surface area contributed by atoms with Gasteiger partial charge in [-0.25, -0.2) is 0 Å². The summed E-state index contributed by atoms with van der Waals surface area (Å²) < 4.78 is 4.77. The molecule has 1 unspecified atom stereocenters. The maximum atomic E-state index is 4.77. The molecule has 13 heavy (non-hydrogen) atoms. The van der Waals surface area contributed by atoms with Crippen LogP contribution in [0.5, 0.6) is 0 Å². The zero-order valence-corrected chi connectivity index (χ0v) is 8.10. The first kappa shape index (κ1) is 9.78. The number of aryl methyl sites for hydroxylation is 1. The van der Waals surface area contributed by atoms with Crippen molar-refractivity contribution in [2.75, 3.05) is 6.61 Å². The Morgan fingerprint density at radius 2 is 2.00 bits per heavy atom. The van der Waals surface area contributed by atoms with E-state index in [2.05, 4.69) is 24.0 Å². The predicted molar refractivity (Wildman–Crippen MR) is 55.1 cm³/mol. The van der Waals surface area contributed by atoms with E-state index in [4.69, 9.17) is 4.74 Å². The van der Waals surface area contributed by atoms with Crippen molar-refractivity contribution in [3.05, 3.63) is 35.9 Å². The molecule has 2 nitrogen and oxygen atoms in total. The van der Waals surface area contributed by atoms with Gasteiger partial charge in [-0.05, 0) is 13.8 Å². The van der Waals surface area contributed by atoms with Crippen molar-refractivity contribution in [1.29, 1.82) is 0 Å². The van der Waals surface area contributed by atoms with Crippen LogP contribution in [0.25, 0.3) is 0 Å². The number of benzene rings is 1. The van der Waals surface area contributed by atoms with E-state index in [1.165, 1.54) is 12.0 Å². The Hall–Kier alpha value is -1.31. The van der Waals surface area contributed by atoms with Crippen LogP contribution in [0.15, 0.2) is 35.3 Å². The van der Waals surface area contributed by atoms with Gasteiger partial charge in [0.05, 0.1) is 6.04 Å². The van der Waals surface area contributed by atoms with E-state index in [1.807, 2.05) is 25.1 Å². The quantitative estimate of drug-likeness (QED) is 0.596. The molecule has 0 saturated carbocycles. The molecule has 0 radical (unpaired) electrons. The fraction of sp³-hybridized carbons (Fsp3) is 0.364. The van der Waals surface area contributed by atoms with Crippen molar-refractivity contribution < 1.29 is 4.74 Å². The molecule has 1 aliphatic heterocycles. The summed E-state index contributed by atoms with van der Waals surface area (Å²) >= 11 is 0. The summed E-state index contributed by atoms with van der Waals surface area (Å²) in [5, 5.41) is 0. The molecule has 70 valence electrons. The van der Waals surface area contributed by atoms with Gasteiger partial charge in [0.2, 0.25) is 0 Å². The van der Waals surface area contributed by atoms with Gasteiger partial charge in [-0.2, -0.15) is 0 Å². The molecular weight excluding hydrogens is 162 g/mol. The molecule has 1 heterocycles. The van der Waals surface area contributed by atoms with Crippen molar-refractivity contribution in [3.8, 4) is 0 Å². The van der Waals surface area contributed by atoms with Crippen LogP contribution in [0.2, 0.25) is 0 Å². The summed E-state index contributed by atoms with van der Waals surface area (Å²) in [5.74, 6) is 0. The average molecular weight is 177 g/mol. The van der Waals surface area contributed by atoms with Crippen LogP contribution < -0.4 is 0 Å². The molecule has 0 aromatic heterocycles. The van der Waals surface area contributed by atoms with E-state index in [-0.39, 0.29) is 0 Å². The molecule has 0 fully saturated rings. The lowest BCUT2D eigenvalue weighted by Crippen LogP contribution is -1.97. The van der Waals surface area contributed by atoms with Gasteiger partial charge in [-0.1, -0.05) is 35.9 Å². The minimum atomic E-state index is 0.394. The molecule has 0 amide bonds. The third kappa shape index (κ3) is 4.31. The smallest absolute Gasteiger partial charge is 0.169 e. The maximum absolute atomic E-state index is 4.77. The summed E-state index contributed by atoms with van der Waals surface area (Å²) in [5.41, 5.74) is 1.32. The summed E-state index contributed by atoms with van der Waals surface area (Å²) in [7, 11) is 0. The molecule has 0 aliphatic carbocycles. The minimum absolute atomic E-state index is 0.394. The Labute approximate surface area is 79.3 Å². The van der Waals surface area contributed by atoms with Crippen LogP contribution in [0.3, 0.4) is 0 Å². The predicted octanol–water partition coefficient (Wildman–Crippen LogP) is 2.43. The van der Waals surface area contributed by atoms with Crippen LogP contribution in [0, 0.1) is 6.92 Å². The van der Waals surface area contributed by atoms with Crippen molar-refractivity contribution >= 4 is 6.40 Å². The lowest BCUT2D eigenvalue weighted by molar-refractivity contribution is 0.335. The molecular formula is C11H15NO. The van der Waals surface area contributed by atoms with Crippen LogP contribution in [-0.4, -0.2) is 19.0 Å². The first-order valence-electron chi connectivity index (χ1n) is 4.44. The van der Waals surface area contributed by atoms with Gasteiger partial charge in [-0.15, -0.1) is 0 Å². The molecule has 0 saturated heterocycles. The molecule has 2 heteroatoms. The molecule has 1 aromatic carbocycles. The molecule has 1 aromatic rings. The third-order valence-electron chi connectivity index (χ3n) is 1.67. The minimum Gasteiger partial charge on any atom is -0.481 e. The highest BCUT2D eigenvalue weighted by Gasteiger charge is 2.00. The zero-order valence-electron chi connectivity index (χ0n) is 8.10. The SMILES string of the molecule is CC1COC=N1.Cc1ccccc1. The van der Waals surface area contributed by atoms with Gasteiger partial charge < -0.3 is 4.74 Å². The summed E-state index contributed by atoms with van der Waals surface area (Å²) in [4.78, 5) is 3.89. The first-order chi connectivity index (χ1) is 6.29. The first-order valence-corrected chi connectivity index (χ1v) is 4.44. The van der Waals surface area contributed by atoms with Crippen LogP contribution in [0.1, 0.15) is 12.5 Å². The Bertz CT molecular complexity index is 256. The van der Waals surface area contributed by atoms with Gasteiger partial charge in [0.15, 0.2) is 6.40 Å². The summed E-state index contributed by atoms with van der Waals surface area (Å²) in [6.07, 6.45) is 1.50. The van der Waals surface area contributed by atoms with E-state index < -0.39 is 0 Å². The van der Waals surface area contributed by atoms with Crippen molar-refractivity contribution in [2.45, 2.75) is 19.9 Å². The molecule has 0 N–H and O–H groups in total. The van der Waals surface area contributed by atoms with Crippen molar-refractivity contribution in [1.82, 2.24) is 0 Å². The van der Waals surface area contributed by atoms with Gasteiger partial charge in [0.1, 0.15) is 6.61 Å². The Morgan fingerprint density at radius 1 is 1.31 bits per heavy atom. The normalized spacial score (nSPS) is 18.8. The van der Waals surface area contributed by atoms with Gasteiger partial charge >= 0.3 is 0 Å². The van der Waals surface area contributed by atoms with Gasteiger partial charge in [0.25, 0.3) is 0 Å². The second kappa shape index (κ2) is 5.36. The fourth-order valence-electron chi connectivity index (χ4n) is 0.907. The Morgan fingerprint density at radius 3 is 2.23 bits per heavy atom. The molecule has 1 aliphatic rings. The standard InChI is InChI=1S/C7H8.C4H7NO/c1-7-5-3-2-4-6-7;1-4-2-6-3-5-4/h2-6H,1H3;3-4H,2H2,1H3. The van der Waals surface area contributed by atoms with E-state index in [0.29, 0.717) is 6.04 Å². The number of hydrogen-bond acceptors (Lipinski definition) is 2. The number of rotatable bonds is 0. The molecule has 1 atom stereocenters. The zero-order chi connectivity index (χ0) is 9.52. The maximum Gasteiger partial charge on any atom is 0.169 e. The summed E-state index contributed by atoms with van der Waals surface area (Å²) in [6, 6.07) is 10.7. The highest BCUT2D eigenvalue weighted by atomic mass is 16.5. The van der Waals surface area contributed by atoms with Crippen LogP contribution in [-0.2, 0) is 4.74 Å². The molecule has 0 bridgehead atoms. The van der Waals surface area contributed by atoms with Crippen molar-refractivity contribution in [3.63, 3.8) is 0 Å². The van der Waals surface area contributed by atoms with E-state index in [1.54, 1.807) is 0 Å². The van der Waals surface area contributed by atoms with Crippen LogP contribution in [0.4, 0.5) is 0 Å². The van der Waals surface area contributed by atoms with Crippen molar-refractivity contribution in [2.24, 2.45) is 4.99 Å². The monoisotopic (exact) mass is 177 g/mol. The van der Waals surface area contributed by atoms with Gasteiger partial charge in [0, 0.05) is 0 Å². The number of aliphatic imine (C=N–C) groups is 1. The van der Waals surface area contributed by atoms with E-state index in [0.717, 1.165) is 6.61 Å². The average Bonchev–Trinajstić information content (AvgIpc) is 2.58. The largest absolute Gasteiger partial charge is 0.481 e. The number of hydrogen-bond donors (Lipinski definition) is 0. The number of nitrogens with zero attached hydrogens (tertiary/aromatic N) is 1. The Kier molecular flexibility index (Phi) is 4.03.